The van der Waals surface area contributed by atoms with Crippen molar-refractivity contribution in [3.05, 3.63) is 0 Å². The zero-order valence-corrected chi connectivity index (χ0v) is 14.1. The molecule has 2 heterocycles. The van der Waals surface area contributed by atoms with Crippen LogP contribution < -0.4 is 0 Å². The van der Waals surface area contributed by atoms with E-state index >= 15 is 0 Å². The van der Waals surface area contributed by atoms with Gasteiger partial charge in [-0.25, -0.2) is 9.59 Å². The van der Waals surface area contributed by atoms with Crippen LogP contribution >= 0.6 is 0 Å². The first-order valence-electron chi connectivity index (χ1n) is 8.31. The maximum absolute atomic E-state index is 12.3. The number of hydrogen-bond donors (Lipinski definition) is 0. The van der Waals surface area contributed by atoms with Gasteiger partial charge in [0.1, 0.15) is 12.1 Å². The lowest BCUT2D eigenvalue weighted by atomic mass is 10.1. The summed E-state index contributed by atoms with van der Waals surface area (Å²) in [6, 6.07) is -0.448. The SMILES string of the molecule is CC(=O)N1CCC[C@@H]1C(=O)OC1CCN(C(=O)OC(C)C)CC1. The fourth-order valence-electron chi connectivity index (χ4n) is 3.06. The highest BCUT2D eigenvalue weighted by Gasteiger charge is 2.35. The monoisotopic (exact) mass is 326 g/mol. The van der Waals surface area contributed by atoms with Crippen LogP contribution in [0.3, 0.4) is 0 Å². The molecule has 0 aromatic carbocycles. The summed E-state index contributed by atoms with van der Waals surface area (Å²) in [6.07, 6.45) is 2.05. The molecule has 0 spiro atoms. The third-order valence-electron chi connectivity index (χ3n) is 4.25. The van der Waals surface area contributed by atoms with Crippen molar-refractivity contribution in [1.29, 1.82) is 0 Å². The van der Waals surface area contributed by atoms with Gasteiger partial charge in [-0.2, -0.15) is 0 Å². The molecule has 2 aliphatic rings. The van der Waals surface area contributed by atoms with Crippen molar-refractivity contribution in [2.75, 3.05) is 19.6 Å². The van der Waals surface area contributed by atoms with E-state index < -0.39 is 6.04 Å². The lowest BCUT2D eigenvalue weighted by Gasteiger charge is -2.32. The summed E-state index contributed by atoms with van der Waals surface area (Å²) < 4.78 is 10.7. The molecule has 0 saturated carbocycles. The van der Waals surface area contributed by atoms with Crippen molar-refractivity contribution in [2.45, 2.75) is 64.7 Å². The van der Waals surface area contributed by atoms with Crippen LogP contribution in [-0.4, -0.2) is 65.7 Å². The molecular formula is C16H26N2O5. The molecule has 23 heavy (non-hydrogen) atoms. The highest BCUT2D eigenvalue weighted by molar-refractivity contribution is 5.84. The average Bonchev–Trinajstić information content (AvgIpc) is 2.97. The number of hydrogen-bond acceptors (Lipinski definition) is 5. The molecule has 0 N–H and O–H groups in total. The Bertz CT molecular complexity index is 457. The van der Waals surface area contributed by atoms with Crippen LogP contribution in [0.1, 0.15) is 46.5 Å². The van der Waals surface area contributed by atoms with E-state index in [1.807, 2.05) is 13.8 Å². The van der Waals surface area contributed by atoms with E-state index in [0.717, 1.165) is 6.42 Å². The first-order chi connectivity index (χ1) is 10.9. The number of nitrogens with zero attached hydrogens (tertiary/aromatic N) is 2. The summed E-state index contributed by atoms with van der Waals surface area (Å²) in [5.41, 5.74) is 0. The number of likely N-dealkylation sites (tertiary alicyclic amines) is 2. The lowest BCUT2D eigenvalue weighted by molar-refractivity contribution is -0.159. The fourth-order valence-corrected chi connectivity index (χ4v) is 3.06. The van der Waals surface area contributed by atoms with Gasteiger partial charge in [-0.05, 0) is 26.7 Å². The van der Waals surface area contributed by atoms with E-state index in [1.165, 1.54) is 6.92 Å². The van der Waals surface area contributed by atoms with Crippen LogP contribution in [0.4, 0.5) is 4.79 Å². The normalized spacial score (nSPS) is 22.3. The first kappa shape index (κ1) is 17.6. The highest BCUT2D eigenvalue weighted by atomic mass is 16.6. The zero-order chi connectivity index (χ0) is 17.0. The molecular weight excluding hydrogens is 300 g/mol. The van der Waals surface area contributed by atoms with Crippen molar-refractivity contribution in [3.8, 4) is 0 Å². The van der Waals surface area contributed by atoms with E-state index in [2.05, 4.69) is 0 Å². The molecule has 7 nitrogen and oxygen atoms in total. The summed E-state index contributed by atoms with van der Waals surface area (Å²) >= 11 is 0. The third kappa shape index (κ3) is 4.59. The van der Waals surface area contributed by atoms with Gasteiger partial charge in [0, 0.05) is 39.4 Å². The van der Waals surface area contributed by atoms with Crippen LogP contribution in [0.25, 0.3) is 0 Å². The van der Waals surface area contributed by atoms with E-state index in [4.69, 9.17) is 9.47 Å². The van der Waals surface area contributed by atoms with Crippen molar-refractivity contribution >= 4 is 18.0 Å². The van der Waals surface area contributed by atoms with Gasteiger partial charge in [-0.3, -0.25) is 4.79 Å². The quantitative estimate of drug-likeness (QED) is 0.736. The Morgan fingerprint density at radius 3 is 2.26 bits per heavy atom. The van der Waals surface area contributed by atoms with E-state index in [0.29, 0.717) is 38.9 Å². The van der Waals surface area contributed by atoms with Gasteiger partial charge in [0.2, 0.25) is 5.91 Å². The minimum Gasteiger partial charge on any atom is -0.461 e. The van der Waals surface area contributed by atoms with E-state index in [-0.39, 0.29) is 30.2 Å². The van der Waals surface area contributed by atoms with Gasteiger partial charge in [0.15, 0.2) is 0 Å². The number of amides is 2. The summed E-state index contributed by atoms with van der Waals surface area (Å²) in [5.74, 6) is -0.406. The second-order valence-corrected chi connectivity index (χ2v) is 6.43. The summed E-state index contributed by atoms with van der Waals surface area (Å²) in [5, 5.41) is 0. The van der Waals surface area contributed by atoms with Gasteiger partial charge < -0.3 is 19.3 Å². The molecule has 2 amide bonds. The molecule has 0 unspecified atom stereocenters. The smallest absolute Gasteiger partial charge is 0.410 e. The molecule has 1 atom stereocenters. The number of carbonyl (C=O) groups excluding carboxylic acids is 3. The Labute approximate surface area is 136 Å². The van der Waals surface area contributed by atoms with Crippen molar-refractivity contribution in [1.82, 2.24) is 9.80 Å². The Morgan fingerprint density at radius 2 is 1.70 bits per heavy atom. The largest absolute Gasteiger partial charge is 0.461 e. The molecule has 0 aromatic heterocycles. The molecule has 2 saturated heterocycles. The third-order valence-corrected chi connectivity index (χ3v) is 4.25. The van der Waals surface area contributed by atoms with Crippen LogP contribution in [0.2, 0.25) is 0 Å². The summed E-state index contributed by atoms with van der Waals surface area (Å²) in [6.45, 7) is 6.76. The predicted octanol–water partition coefficient (Wildman–Crippen LogP) is 1.55. The maximum atomic E-state index is 12.3. The molecule has 2 aliphatic heterocycles. The predicted molar refractivity (Wildman–Crippen MR) is 82.7 cm³/mol. The Balaban J connectivity index is 1.79. The molecule has 7 heteroatoms. The molecule has 0 bridgehead atoms. The van der Waals surface area contributed by atoms with Crippen LogP contribution in [0, 0.1) is 0 Å². The van der Waals surface area contributed by atoms with Crippen LogP contribution in [-0.2, 0) is 19.1 Å². The van der Waals surface area contributed by atoms with Crippen LogP contribution in [0.5, 0.6) is 0 Å². The molecule has 0 aromatic rings. The number of rotatable bonds is 3. The van der Waals surface area contributed by atoms with Crippen molar-refractivity contribution in [2.24, 2.45) is 0 Å². The van der Waals surface area contributed by atoms with Crippen molar-refractivity contribution < 1.29 is 23.9 Å². The minimum absolute atomic E-state index is 0.0873. The number of esters is 1. The first-order valence-corrected chi connectivity index (χ1v) is 8.31. The van der Waals surface area contributed by atoms with Gasteiger partial charge >= 0.3 is 12.1 Å². The maximum Gasteiger partial charge on any atom is 0.410 e. The zero-order valence-electron chi connectivity index (χ0n) is 14.1. The van der Waals surface area contributed by atoms with Gasteiger partial charge in [0.25, 0.3) is 0 Å². The average molecular weight is 326 g/mol. The second kappa shape index (κ2) is 7.66. The topological polar surface area (TPSA) is 76.2 Å². The highest BCUT2D eigenvalue weighted by Crippen LogP contribution is 2.21. The molecule has 0 aliphatic carbocycles. The number of piperidine rings is 1. The number of carbonyl (C=O) groups is 3. The van der Waals surface area contributed by atoms with Gasteiger partial charge in [0.05, 0.1) is 6.10 Å². The van der Waals surface area contributed by atoms with Gasteiger partial charge in [-0.1, -0.05) is 0 Å². The molecule has 130 valence electrons. The fraction of sp³-hybridized carbons (Fsp3) is 0.812. The van der Waals surface area contributed by atoms with Gasteiger partial charge in [-0.15, -0.1) is 0 Å². The summed E-state index contributed by atoms with van der Waals surface area (Å²) in [7, 11) is 0. The van der Waals surface area contributed by atoms with E-state index in [1.54, 1.807) is 9.80 Å². The Morgan fingerprint density at radius 1 is 1.04 bits per heavy atom. The second-order valence-electron chi connectivity index (χ2n) is 6.43. The Kier molecular flexibility index (Phi) is 5.85. The Hall–Kier alpha value is -1.79. The molecule has 2 rings (SSSR count). The van der Waals surface area contributed by atoms with E-state index in [9.17, 15) is 14.4 Å². The lowest BCUT2D eigenvalue weighted by Crippen LogP contribution is -2.45. The summed E-state index contributed by atoms with van der Waals surface area (Å²) in [4.78, 5) is 38.8. The van der Waals surface area contributed by atoms with Crippen LogP contribution in [0.15, 0.2) is 0 Å². The molecule has 0 radical (unpaired) electrons. The minimum atomic E-state index is -0.448. The number of ether oxygens (including phenoxy) is 2. The molecule has 2 fully saturated rings. The standard InChI is InChI=1S/C16H26N2O5/c1-11(2)22-16(21)17-9-6-13(7-10-17)23-15(20)14-5-4-8-18(14)12(3)19/h11,13-14H,4-10H2,1-3H3/t14-/m1/s1. The van der Waals surface area contributed by atoms with Crippen molar-refractivity contribution in [3.63, 3.8) is 0 Å².